The summed E-state index contributed by atoms with van der Waals surface area (Å²) in [7, 11) is 0. The molecular weight excluding hydrogens is 320 g/mol. The van der Waals surface area contributed by atoms with Crippen LogP contribution in [0.25, 0.3) is 0 Å². The van der Waals surface area contributed by atoms with Crippen LogP contribution in [0.4, 0.5) is 0 Å². The van der Waals surface area contributed by atoms with Crippen molar-refractivity contribution in [2.45, 2.75) is 40.3 Å². The molecule has 0 radical (unpaired) electrons. The largest absolute Gasteiger partial charge is 0.489 e. The molecule has 0 aliphatic carbocycles. The average molecular weight is 347 g/mol. The molecule has 0 aliphatic rings. The van der Waals surface area contributed by atoms with Crippen LogP contribution in [0.15, 0.2) is 35.3 Å². The predicted molar refractivity (Wildman–Crippen MR) is 101 cm³/mol. The van der Waals surface area contributed by atoms with Gasteiger partial charge in [-0.15, -0.1) is 11.3 Å². The summed E-state index contributed by atoms with van der Waals surface area (Å²) < 4.78 is 5.87. The highest BCUT2D eigenvalue weighted by Crippen LogP contribution is 2.17. The highest BCUT2D eigenvalue weighted by atomic mass is 32.1. The minimum absolute atomic E-state index is 0.0450. The Hall–Kier alpha value is -2.08. The maximum absolute atomic E-state index is 5.87. The van der Waals surface area contributed by atoms with E-state index in [4.69, 9.17) is 4.74 Å². The van der Waals surface area contributed by atoms with E-state index in [9.17, 15) is 0 Å². The molecule has 2 rings (SSSR count). The number of guanidine groups is 1. The molecule has 1 aromatic heterocycles. The molecule has 1 atom stereocenters. The summed E-state index contributed by atoms with van der Waals surface area (Å²) in [6.07, 6.45) is 0.0450. The Kier molecular flexibility index (Phi) is 7.06. The fraction of sp³-hybridized carbons (Fsp3) is 0.444. The second kappa shape index (κ2) is 9.27. The number of rotatable bonds is 7. The first-order valence-corrected chi connectivity index (χ1v) is 9.07. The van der Waals surface area contributed by atoms with Gasteiger partial charge in [0.25, 0.3) is 0 Å². The number of thiazole rings is 1. The number of hydrogen-bond donors (Lipinski definition) is 2. The number of nitrogens with zero attached hydrogens (tertiary/aromatic N) is 2. The van der Waals surface area contributed by atoms with Crippen molar-refractivity contribution in [3.63, 3.8) is 0 Å². The third-order valence-corrected chi connectivity index (χ3v) is 4.42. The Labute approximate surface area is 148 Å². The van der Waals surface area contributed by atoms with Crippen molar-refractivity contribution in [2.75, 3.05) is 13.1 Å². The third-order valence-electron chi connectivity index (χ3n) is 3.36. The van der Waals surface area contributed by atoms with Crippen LogP contribution in [-0.2, 0) is 6.54 Å². The zero-order valence-corrected chi connectivity index (χ0v) is 15.6. The van der Waals surface area contributed by atoms with Gasteiger partial charge in [-0.1, -0.05) is 18.2 Å². The topological polar surface area (TPSA) is 58.5 Å². The van der Waals surface area contributed by atoms with Crippen LogP contribution >= 0.6 is 11.3 Å². The van der Waals surface area contributed by atoms with Gasteiger partial charge in [0, 0.05) is 11.4 Å². The Morgan fingerprint density at radius 3 is 2.62 bits per heavy atom. The lowest BCUT2D eigenvalue weighted by Crippen LogP contribution is -2.41. The van der Waals surface area contributed by atoms with E-state index in [2.05, 4.69) is 27.5 Å². The summed E-state index contributed by atoms with van der Waals surface area (Å²) in [5, 5.41) is 7.69. The third kappa shape index (κ3) is 5.85. The zero-order chi connectivity index (χ0) is 17.4. The Bertz CT molecular complexity index is 654. The van der Waals surface area contributed by atoms with E-state index in [1.54, 1.807) is 11.3 Å². The second-order valence-corrected chi connectivity index (χ2v) is 6.85. The van der Waals surface area contributed by atoms with Crippen molar-refractivity contribution in [3.8, 4) is 5.75 Å². The number of para-hydroxylation sites is 1. The molecule has 2 aromatic rings. The van der Waals surface area contributed by atoms with Crippen molar-refractivity contribution in [2.24, 2.45) is 4.99 Å². The van der Waals surface area contributed by atoms with E-state index in [1.165, 1.54) is 4.88 Å². The number of nitrogens with one attached hydrogen (secondary N) is 2. The molecule has 0 fully saturated rings. The molecule has 24 heavy (non-hydrogen) atoms. The maximum Gasteiger partial charge on any atom is 0.191 e. The van der Waals surface area contributed by atoms with Crippen LogP contribution in [0.2, 0.25) is 0 Å². The summed E-state index contributed by atoms with van der Waals surface area (Å²) in [6.45, 7) is 10.3. The Balaban J connectivity index is 1.88. The summed E-state index contributed by atoms with van der Waals surface area (Å²) in [5.41, 5.74) is 1.07. The first-order chi connectivity index (χ1) is 11.6. The van der Waals surface area contributed by atoms with E-state index in [0.717, 1.165) is 29.0 Å². The van der Waals surface area contributed by atoms with Crippen molar-refractivity contribution >= 4 is 17.3 Å². The van der Waals surface area contributed by atoms with Crippen LogP contribution in [-0.4, -0.2) is 30.1 Å². The fourth-order valence-electron chi connectivity index (χ4n) is 2.23. The quantitative estimate of drug-likeness (QED) is 0.597. The van der Waals surface area contributed by atoms with E-state index >= 15 is 0 Å². The van der Waals surface area contributed by atoms with Gasteiger partial charge in [0.2, 0.25) is 0 Å². The Morgan fingerprint density at radius 2 is 2.00 bits per heavy atom. The summed E-state index contributed by atoms with van der Waals surface area (Å²) in [5.74, 6) is 1.68. The van der Waals surface area contributed by atoms with E-state index in [-0.39, 0.29) is 6.10 Å². The smallest absolute Gasteiger partial charge is 0.191 e. The van der Waals surface area contributed by atoms with Gasteiger partial charge in [-0.05, 0) is 39.8 Å². The number of aryl methyl sites for hydroxylation is 2. The van der Waals surface area contributed by atoms with Crippen molar-refractivity contribution < 1.29 is 4.74 Å². The van der Waals surface area contributed by atoms with Gasteiger partial charge in [0.1, 0.15) is 11.9 Å². The minimum Gasteiger partial charge on any atom is -0.489 e. The highest BCUT2D eigenvalue weighted by Gasteiger charge is 2.07. The van der Waals surface area contributed by atoms with Gasteiger partial charge in [-0.2, -0.15) is 0 Å². The molecule has 1 unspecified atom stereocenters. The SMILES string of the molecule is CCNC(=NCc1sc(C)nc1C)NCC(C)Oc1ccccc1. The molecule has 6 heteroatoms. The van der Waals surface area contributed by atoms with Crippen molar-refractivity contribution in [1.82, 2.24) is 15.6 Å². The van der Waals surface area contributed by atoms with Crippen LogP contribution < -0.4 is 15.4 Å². The zero-order valence-electron chi connectivity index (χ0n) is 14.8. The first kappa shape index (κ1) is 18.3. The molecule has 0 bridgehead atoms. The standard InChI is InChI=1S/C18H26N4OS/c1-5-19-18(21-12-17-14(3)22-15(4)24-17)20-11-13(2)23-16-9-7-6-8-10-16/h6-10,13H,5,11-12H2,1-4H3,(H2,19,20,21). The first-order valence-electron chi connectivity index (χ1n) is 8.25. The van der Waals surface area contributed by atoms with Crippen LogP contribution in [0.5, 0.6) is 5.75 Å². The monoisotopic (exact) mass is 346 g/mol. The lowest BCUT2D eigenvalue weighted by Gasteiger charge is -2.17. The molecule has 5 nitrogen and oxygen atoms in total. The van der Waals surface area contributed by atoms with Gasteiger partial charge in [-0.3, -0.25) is 0 Å². The van der Waals surface area contributed by atoms with Crippen molar-refractivity contribution in [3.05, 3.63) is 45.9 Å². The van der Waals surface area contributed by atoms with Gasteiger partial charge in [0.15, 0.2) is 5.96 Å². The molecular formula is C18H26N4OS. The number of aromatic nitrogens is 1. The molecule has 0 saturated heterocycles. The number of aliphatic imine (C=N–C) groups is 1. The van der Waals surface area contributed by atoms with Crippen LogP contribution in [0.1, 0.15) is 29.4 Å². The average Bonchev–Trinajstić information content (AvgIpc) is 2.88. The van der Waals surface area contributed by atoms with Gasteiger partial charge in [-0.25, -0.2) is 9.98 Å². The highest BCUT2D eigenvalue weighted by molar-refractivity contribution is 7.11. The van der Waals surface area contributed by atoms with Crippen LogP contribution in [0.3, 0.4) is 0 Å². The van der Waals surface area contributed by atoms with Gasteiger partial charge < -0.3 is 15.4 Å². The summed E-state index contributed by atoms with van der Waals surface area (Å²) >= 11 is 1.70. The molecule has 0 saturated carbocycles. The van der Waals surface area contributed by atoms with Crippen molar-refractivity contribution in [1.29, 1.82) is 0 Å². The van der Waals surface area contributed by atoms with Crippen LogP contribution in [0, 0.1) is 13.8 Å². The molecule has 0 spiro atoms. The van der Waals surface area contributed by atoms with E-state index < -0.39 is 0 Å². The number of hydrogen-bond acceptors (Lipinski definition) is 4. The van der Waals surface area contributed by atoms with Gasteiger partial charge >= 0.3 is 0 Å². The second-order valence-electron chi connectivity index (χ2n) is 5.56. The summed E-state index contributed by atoms with van der Waals surface area (Å²) in [6, 6.07) is 9.85. The molecule has 130 valence electrons. The number of ether oxygens (including phenoxy) is 1. The molecule has 1 heterocycles. The van der Waals surface area contributed by atoms with E-state index in [1.807, 2.05) is 51.1 Å². The van der Waals surface area contributed by atoms with Gasteiger partial charge in [0.05, 0.1) is 23.8 Å². The van der Waals surface area contributed by atoms with E-state index in [0.29, 0.717) is 13.1 Å². The summed E-state index contributed by atoms with van der Waals surface area (Å²) in [4.78, 5) is 10.3. The lowest BCUT2D eigenvalue weighted by molar-refractivity contribution is 0.224. The predicted octanol–water partition coefficient (Wildman–Crippen LogP) is 3.28. The normalized spacial score (nSPS) is 12.8. The molecule has 1 aromatic carbocycles. The fourth-order valence-corrected chi connectivity index (χ4v) is 3.09. The number of benzene rings is 1. The maximum atomic E-state index is 5.87. The molecule has 0 amide bonds. The lowest BCUT2D eigenvalue weighted by atomic mass is 10.3. The minimum atomic E-state index is 0.0450. The Morgan fingerprint density at radius 1 is 1.25 bits per heavy atom. The molecule has 2 N–H and O–H groups in total. The molecule has 0 aliphatic heterocycles.